The highest BCUT2D eigenvalue weighted by molar-refractivity contribution is 5.89. The van der Waals surface area contributed by atoms with Crippen LogP contribution in [-0.4, -0.2) is 39.7 Å². The number of pyridine rings is 1. The second-order valence-corrected chi connectivity index (χ2v) is 8.53. The Bertz CT molecular complexity index is 1380. The van der Waals surface area contributed by atoms with Crippen LogP contribution in [0.3, 0.4) is 0 Å². The molecule has 1 fully saturated rings. The zero-order valence-corrected chi connectivity index (χ0v) is 19.0. The van der Waals surface area contributed by atoms with Crippen molar-refractivity contribution in [2.24, 2.45) is 0 Å². The second kappa shape index (κ2) is 9.92. The van der Waals surface area contributed by atoms with E-state index in [0.29, 0.717) is 55.1 Å². The topological polar surface area (TPSA) is 92.2 Å². The number of amides is 2. The largest absolute Gasteiger partial charge is 0.352 e. The third-order valence-electron chi connectivity index (χ3n) is 6.10. The Kier molecular flexibility index (Phi) is 6.38. The van der Waals surface area contributed by atoms with E-state index in [4.69, 9.17) is 0 Å². The van der Waals surface area contributed by atoms with E-state index in [-0.39, 0.29) is 23.4 Å². The summed E-state index contributed by atoms with van der Waals surface area (Å²) in [5.74, 6) is 0.0416. The molecule has 2 N–H and O–H groups in total. The van der Waals surface area contributed by atoms with Gasteiger partial charge in [0.2, 0.25) is 0 Å². The lowest BCUT2D eigenvalue weighted by atomic mass is 10.1. The average molecular weight is 473 g/mol. The maximum Gasteiger partial charge on any atom is 0.319 e. The molecule has 2 aromatic carbocycles. The van der Waals surface area contributed by atoms with Crippen LogP contribution in [0.1, 0.15) is 18.4 Å². The van der Waals surface area contributed by atoms with Gasteiger partial charge in [-0.2, -0.15) is 0 Å². The van der Waals surface area contributed by atoms with Crippen molar-refractivity contribution < 1.29 is 9.18 Å². The number of nitrogens with one attached hydrogen (secondary N) is 2. The van der Waals surface area contributed by atoms with Crippen LogP contribution in [0.25, 0.3) is 11.2 Å². The molecule has 0 radical (unpaired) electrons. The van der Waals surface area contributed by atoms with E-state index >= 15 is 0 Å². The number of aromatic nitrogens is 3. The SMILES string of the molecule is O=C(Nc1ccc(F)cc1)NC1CCN(c2nc3cccnc3n(Cc3ccccc3)c2=O)CC1. The van der Waals surface area contributed by atoms with Crippen molar-refractivity contribution in [3.05, 3.63) is 94.7 Å². The zero-order chi connectivity index (χ0) is 24.2. The maximum atomic E-state index is 13.5. The highest BCUT2D eigenvalue weighted by Crippen LogP contribution is 2.19. The van der Waals surface area contributed by atoms with Crippen molar-refractivity contribution in [3.8, 4) is 0 Å². The van der Waals surface area contributed by atoms with Gasteiger partial charge in [-0.3, -0.25) is 9.36 Å². The minimum Gasteiger partial charge on any atom is -0.352 e. The molecule has 9 heteroatoms. The molecule has 1 aliphatic rings. The molecule has 0 bridgehead atoms. The summed E-state index contributed by atoms with van der Waals surface area (Å²) in [6.45, 7) is 1.58. The standard InChI is InChI=1S/C26H25FN6O2/c27-19-8-10-20(11-9-19)29-26(35)30-21-12-15-32(16-13-21)24-25(34)33(17-18-5-2-1-3-6-18)23-22(31-24)7-4-14-28-23/h1-11,14,21H,12-13,15-17H2,(H2,29,30,35). The summed E-state index contributed by atoms with van der Waals surface area (Å²) in [5.41, 5.74) is 2.57. The first-order chi connectivity index (χ1) is 17.1. The van der Waals surface area contributed by atoms with E-state index in [2.05, 4.69) is 20.6 Å². The molecular weight excluding hydrogens is 447 g/mol. The van der Waals surface area contributed by atoms with Crippen LogP contribution in [0.2, 0.25) is 0 Å². The third-order valence-corrected chi connectivity index (χ3v) is 6.10. The number of urea groups is 1. The molecule has 0 spiro atoms. The highest BCUT2D eigenvalue weighted by atomic mass is 19.1. The fourth-order valence-corrected chi connectivity index (χ4v) is 4.30. The van der Waals surface area contributed by atoms with Gasteiger partial charge in [-0.25, -0.2) is 19.2 Å². The number of nitrogens with zero attached hydrogens (tertiary/aromatic N) is 4. The summed E-state index contributed by atoms with van der Waals surface area (Å²) in [7, 11) is 0. The van der Waals surface area contributed by atoms with Crippen LogP contribution in [0.4, 0.5) is 20.7 Å². The minimum atomic E-state index is -0.357. The number of rotatable bonds is 5. The summed E-state index contributed by atoms with van der Waals surface area (Å²) >= 11 is 0. The quantitative estimate of drug-likeness (QED) is 0.461. The van der Waals surface area contributed by atoms with Crippen LogP contribution < -0.4 is 21.1 Å². The molecule has 4 aromatic rings. The monoisotopic (exact) mass is 472 g/mol. The number of benzene rings is 2. The number of hydrogen-bond acceptors (Lipinski definition) is 5. The Labute approximate surface area is 201 Å². The van der Waals surface area contributed by atoms with Crippen molar-refractivity contribution in [3.63, 3.8) is 0 Å². The number of hydrogen-bond donors (Lipinski definition) is 2. The predicted molar refractivity (Wildman–Crippen MR) is 133 cm³/mol. The minimum absolute atomic E-state index is 0.0413. The molecule has 5 rings (SSSR count). The highest BCUT2D eigenvalue weighted by Gasteiger charge is 2.25. The molecule has 2 aromatic heterocycles. The fourth-order valence-electron chi connectivity index (χ4n) is 4.30. The van der Waals surface area contributed by atoms with Crippen LogP contribution in [0, 0.1) is 5.82 Å². The van der Waals surface area contributed by atoms with Crippen LogP contribution in [0.15, 0.2) is 77.7 Å². The number of fused-ring (bicyclic) bond motifs is 1. The van der Waals surface area contributed by atoms with Crippen LogP contribution in [0.5, 0.6) is 0 Å². The Morgan fingerprint density at radius 1 is 1.00 bits per heavy atom. The molecule has 0 aliphatic carbocycles. The maximum absolute atomic E-state index is 13.5. The van der Waals surface area contributed by atoms with Crippen LogP contribution in [-0.2, 0) is 6.54 Å². The number of carbonyl (C=O) groups is 1. The molecule has 1 aliphatic heterocycles. The number of anilines is 2. The molecule has 3 heterocycles. The van der Waals surface area contributed by atoms with E-state index in [1.807, 2.05) is 47.4 Å². The first-order valence-electron chi connectivity index (χ1n) is 11.5. The summed E-state index contributed by atoms with van der Waals surface area (Å²) in [6.07, 6.45) is 3.00. The number of piperidine rings is 1. The third kappa shape index (κ3) is 5.13. The van der Waals surface area contributed by atoms with Crippen molar-refractivity contribution in [2.75, 3.05) is 23.3 Å². The number of halogens is 1. The second-order valence-electron chi connectivity index (χ2n) is 8.53. The molecule has 2 amide bonds. The Balaban J connectivity index is 1.30. The van der Waals surface area contributed by atoms with Gasteiger partial charge < -0.3 is 15.5 Å². The van der Waals surface area contributed by atoms with Gasteiger partial charge in [0.1, 0.15) is 11.3 Å². The summed E-state index contributed by atoms with van der Waals surface area (Å²) < 4.78 is 14.7. The summed E-state index contributed by atoms with van der Waals surface area (Å²) in [6, 6.07) is 18.7. The molecule has 1 saturated heterocycles. The summed E-state index contributed by atoms with van der Waals surface area (Å²) in [5, 5.41) is 5.67. The lowest BCUT2D eigenvalue weighted by molar-refractivity contribution is 0.246. The van der Waals surface area contributed by atoms with Crippen molar-refractivity contribution >= 4 is 28.7 Å². The van der Waals surface area contributed by atoms with E-state index in [1.165, 1.54) is 24.3 Å². The van der Waals surface area contributed by atoms with Crippen molar-refractivity contribution in [2.45, 2.75) is 25.4 Å². The molecule has 35 heavy (non-hydrogen) atoms. The smallest absolute Gasteiger partial charge is 0.319 e. The van der Waals surface area contributed by atoms with E-state index in [1.54, 1.807) is 10.8 Å². The lowest BCUT2D eigenvalue weighted by Gasteiger charge is -2.33. The summed E-state index contributed by atoms with van der Waals surface area (Å²) in [4.78, 5) is 36.9. The molecule has 0 atom stereocenters. The van der Waals surface area contributed by atoms with Gasteiger partial charge in [-0.15, -0.1) is 0 Å². The Hall–Kier alpha value is -4.27. The first kappa shape index (κ1) is 22.5. The van der Waals surface area contributed by atoms with E-state index in [0.717, 1.165) is 5.56 Å². The molecule has 0 unspecified atom stereocenters. The normalized spacial score (nSPS) is 14.1. The molecule has 8 nitrogen and oxygen atoms in total. The predicted octanol–water partition coefficient (Wildman–Crippen LogP) is 3.77. The molecule has 0 saturated carbocycles. The van der Waals surface area contributed by atoms with E-state index < -0.39 is 0 Å². The Morgan fingerprint density at radius 3 is 2.49 bits per heavy atom. The van der Waals surface area contributed by atoms with Gasteiger partial charge in [-0.1, -0.05) is 30.3 Å². The van der Waals surface area contributed by atoms with Crippen molar-refractivity contribution in [1.29, 1.82) is 0 Å². The first-order valence-corrected chi connectivity index (χ1v) is 11.5. The van der Waals surface area contributed by atoms with Crippen LogP contribution >= 0.6 is 0 Å². The molecular formula is C26H25FN6O2. The van der Waals surface area contributed by atoms with Gasteiger partial charge in [0, 0.05) is 31.0 Å². The van der Waals surface area contributed by atoms with Gasteiger partial charge in [0.15, 0.2) is 11.5 Å². The molecule has 178 valence electrons. The van der Waals surface area contributed by atoms with Gasteiger partial charge in [0.25, 0.3) is 5.56 Å². The van der Waals surface area contributed by atoms with E-state index in [9.17, 15) is 14.0 Å². The van der Waals surface area contributed by atoms with Gasteiger partial charge >= 0.3 is 6.03 Å². The average Bonchev–Trinajstić information content (AvgIpc) is 2.88. The number of carbonyl (C=O) groups excluding carboxylic acids is 1. The lowest BCUT2D eigenvalue weighted by Crippen LogP contribution is -2.47. The Morgan fingerprint density at radius 2 is 1.74 bits per heavy atom. The van der Waals surface area contributed by atoms with Gasteiger partial charge in [0.05, 0.1) is 6.54 Å². The fraction of sp³-hybridized carbons (Fsp3) is 0.231. The zero-order valence-electron chi connectivity index (χ0n) is 19.0. The van der Waals surface area contributed by atoms with Crippen molar-refractivity contribution in [1.82, 2.24) is 19.9 Å². The van der Waals surface area contributed by atoms with Gasteiger partial charge in [-0.05, 0) is 54.8 Å².